The molecule has 0 aliphatic rings. The second kappa shape index (κ2) is 10.4. The summed E-state index contributed by atoms with van der Waals surface area (Å²) >= 11 is 0. The summed E-state index contributed by atoms with van der Waals surface area (Å²) in [7, 11) is 1.64. The van der Waals surface area contributed by atoms with Crippen LogP contribution in [0.15, 0.2) is 103 Å². The Morgan fingerprint density at radius 1 is 0.438 bits per heavy atom. The monoisotopic (exact) mass is 408 g/mol. The molecule has 0 unspecified atom stereocenters. The summed E-state index contributed by atoms with van der Waals surface area (Å²) in [6, 6.07) is 33.6. The van der Waals surface area contributed by atoms with Gasteiger partial charge in [-0.1, -0.05) is 90.1 Å². The van der Waals surface area contributed by atoms with Gasteiger partial charge in [0.15, 0.2) is 0 Å². The van der Waals surface area contributed by atoms with E-state index in [4.69, 9.17) is 4.74 Å². The summed E-state index contributed by atoms with van der Waals surface area (Å²) in [5, 5.41) is 0. The molecule has 0 heterocycles. The summed E-state index contributed by atoms with van der Waals surface area (Å²) < 4.78 is 5.72. The summed E-state index contributed by atoms with van der Waals surface area (Å²) in [5.74, 6) is 20.0. The van der Waals surface area contributed by atoms with Crippen molar-refractivity contribution in [2.75, 3.05) is 7.11 Å². The van der Waals surface area contributed by atoms with E-state index in [1.807, 2.05) is 103 Å². The van der Waals surface area contributed by atoms with Crippen LogP contribution in [0.25, 0.3) is 0 Å². The fourth-order valence-electron chi connectivity index (χ4n) is 3.09. The number of hydrogen-bond donors (Lipinski definition) is 0. The first-order valence-electron chi connectivity index (χ1n) is 10.2. The predicted molar refractivity (Wildman–Crippen MR) is 130 cm³/mol. The van der Waals surface area contributed by atoms with Crippen LogP contribution in [-0.2, 0) is 0 Å². The highest BCUT2D eigenvalue weighted by Gasteiger charge is 2.09. The fraction of sp³-hybridized carbons (Fsp3) is 0.0323. The molecular weight excluding hydrogens is 388 g/mol. The third kappa shape index (κ3) is 5.49. The lowest BCUT2D eigenvalue weighted by Crippen LogP contribution is -1.94. The van der Waals surface area contributed by atoms with Crippen LogP contribution >= 0.6 is 0 Å². The van der Waals surface area contributed by atoms with Gasteiger partial charge in [-0.2, -0.15) is 0 Å². The van der Waals surface area contributed by atoms with Gasteiger partial charge in [-0.05, 0) is 48.5 Å². The first-order valence-corrected chi connectivity index (χ1v) is 10.2. The lowest BCUT2D eigenvalue weighted by atomic mass is 10.0. The number of rotatable bonds is 1. The Morgan fingerprint density at radius 3 is 1.16 bits per heavy atom. The van der Waals surface area contributed by atoms with E-state index in [0.717, 1.165) is 33.4 Å². The van der Waals surface area contributed by atoms with Crippen LogP contribution in [0.2, 0.25) is 0 Å². The van der Waals surface area contributed by atoms with Crippen molar-refractivity contribution in [3.8, 4) is 41.3 Å². The molecule has 0 aliphatic carbocycles. The van der Waals surface area contributed by atoms with Crippen molar-refractivity contribution < 1.29 is 4.74 Å². The number of ether oxygens (including phenoxy) is 1. The summed E-state index contributed by atoms with van der Waals surface area (Å²) in [6.07, 6.45) is 0. The van der Waals surface area contributed by atoms with Crippen LogP contribution in [0.4, 0.5) is 0 Å². The fourth-order valence-corrected chi connectivity index (χ4v) is 3.09. The standard InChI is InChI=1S/C31H20O/c1-32-31-29(21-19-26-13-7-3-8-14-26)23-28(18-17-25-11-5-2-6-12-25)24-30(31)22-20-27-15-9-4-10-16-27/h2-16,23-24H,1H3. The Hall–Kier alpha value is -4.64. The third-order valence-electron chi connectivity index (χ3n) is 4.65. The molecule has 0 amide bonds. The normalized spacial score (nSPS) is 9.28. The molecule has 0 fully saturated rings. The van der Waals surface area contributed by atoms with Crippen LogP contribution in [0, 0.1) is 35.5 Å². The largest absolute Gasteiger partial charge is 0.494 e. The van der Waals surface area contributed by atoms with Crippen LogP contribution in [0.5, 0.6) is 5.75 Å². The number of benzene rings is 4. The highest BCUT2D eigenvalue weighted by molar-refractivity contribution is 5.63. The average molecular weight is 409 g/mol. The van der Waals surface area contributed by atoms with Crippen molar-refractivity contribution in [2.24, 2.45) is 0 Å². The molecule has 150 valence electrons. The van der Waals surface area contributed by atoms with E-state index in [1.165, 1.54) is 0 Å². The number of hydrogen-bond acceptors (Lipinski definition) is 1. The van der Waals surface area contributed by atoms with Crippen molar-refractivity contribution in [3.63, 3.8) is 0 Å². The maximum absolute atomic E-state index is 5.72. The Balaban J connectivity index is 1.81. The van der Waals surface area contributed by atoms with Crippen molar-refractivity contribution in [3.05, 3.63) is 137 Å². The van der Waals surface area contributed by atoms with Crippen molar-refractivity contribution in [2.45, 2.75) is 0 Å². The molecule has 32 heavy (non-hydrogen) atoms. The summed E-state index contributed by atoms with van der Waals surface area (Å²) in [6.45, 7) is 0. The average Bonchev–Trinajstić information content (AvgIpc) is 2.86. The van der Waals surface area contributed by atoms with Gasteiger partial charge >= 0.3 is 0 Å². The molecule has 0 aliphatic heterocycles. The first-order chi connectivity index (χ1) is 15.8. The topological polar surface area (TPSA) is 9.23 Å². The summed E-state index contributed by atoms with van der Waals surface area (Å²) in [5.41, 5.74) is 5.18. The molecule has 0 saturated carbocycles. The van der Waals surface area contributed by atoms with E-state index < -0.39 is 0 Å². The smallest absolute Gasteiger partial charge is 0.150 e. The third-order valence-corrected chi connectivity index (χ3v) is 4.65. The zero-order chi connectivity index (χ0) is 22.0. The lowest BCUT2D eigenvalue weighted by Gasteiger charge is -2.07. The minimum absolute atomic E-state index is 0.655. The molecule has 4 aromatic rings. The minimum Gasteiger partial charge on any atom is -0.494 e. The van der Waals surface area contributed by atoms with E-state index in [1.54, 1.807) is 7.11 Å². The van der Waals surface area contributed by atoms with Gasteiger partial charge in [0, 0.05) is 22.3 Å². The Kier molecular flexibility index (Phi) is 6.71. The minimum atomic E-state index is 0.655. The molecule has 4 aromatic carbocycles. The summed E-state index contributed by atoms with van der Waals surface area (Å²) in [4.78, 5) is 0. The maximum atomic E-state index is 5.72. The Morgan fingerprint density at radius 2 is 0.781 bits per heavy atom. The Labute approximate surface area is 189 Å². The van der Waals surface area contributed by atoms with E-state index in [-0.39, 0.29) is 0 Å². The van der Waals surface area contributed by atoms with E-state index in [2.05, 4.69) is 35.5 Å². The quantitative estimate of drug-likeness (QED) is 0.357. The predicted octanol–water partition coefficient (Wildman–Crippen LogP) is 5.89. The van der Waals surface area contributed by atoms with Gasteiger partial charge in [0.2, 0.25) is 0 Å². The first kappa shape index (κ1) is 20.6. The van der Waals surface area contributed by atoms with Gasteiger partial charge in [0.25, 0.3) is 0 Å². The molecule has 4 rings (SSSR count). The SMILES string of the molecule is COc1c(C#Cc2ccccc2)cc(C#Cc2ccccc2)cc1C#Cc1ccccc1. The van der Waals surface area contributed by atoms with Gasteiger partial charge in [-0.3, -0.25) is 0 Å². The second-order valence-corrected chi connectivity index (χ2v) is 6.95. The lowest BCUT2D eigenvalue weighted by molar-refractivity contribution is 0.412. The van der Waals surface area contributed by atoms with Gasteiger partial charge in [0.1, 0.15) is 5.75 Å². The van der Waals surface area contributed by atoms with Crippen molar-refractivity contribution in [1.29, 1.82) is 0 Å². The molecule has 1 nitrogen and oxygen atoms in total. The van der Waals surface area contributed by atoms with Gasteiger partial charge in [-0.15, -0.1) is 0 Å². The molecular formula is C31H20O. The van der Waals surface area contributed by atoms with Crippen molar-refractivity contribution in [1.82, 2.24) is 0 Å². The van der Waals surface area contributed by atoms with Crippen LogP contribution < -0.4 is 4.74 Å². The zero-order valence-electron chi connectivity index (χ0n) is 17.7. The van der Waals surface area contributed by atoms with Crippen molar-refractivity contribution >= 4 is 0 Å². The maximum Gasteiger partial charge on any atom is 0.150 e. The van der Waals surface area contributed by atoms with Crippen LogP contribution in [-0.4, -0.2) is 7.11 Å². The Bertz CT molecular complexity index is 1300. The molecule has 0 radical (unpaired) electrons. The molecule has 0 aromatic heterocycles. The van der Waals surface area contributed by atoms with E-state index in [0.29, 0.717) is 5.75 Å². The second-order valence-electron chi connectivity index (χ2n) is 6.95. The number of methoxy groups -OCH3 is 1. The molecule has 0 N–H and O–H groups in total. The molecule has 0 atom stereocenters. The van der Waals surface area contributed by atoms with Gasteiger partial charge in [-0.25, -0.2) is 0 Å². The highest BCUT2D eigenvalue weighted by Crippen LogP contribution is 2.25. The van der Waals surface area contributed by atoms with Gasteiger partial charge < -0.3 is 4.74 Å². The molecule has 1 heteroatoms. The van der Waals surface area contributed by atoms with Gasteiger partial charge in [0.05, 0.1) is 18.2 Å². The molecule has 0 spiro atoms. The zero-order valence-corrected chi connectivity index (χ0v) is 17.7. The highest BCUT2D eigenvalue weighted by atomic mass is 16.5. The molecule has 0 saturated heterocycles. The van der Waals surface area contributed by atoms with E-state index in [9.17, 15) is 0 Å². The van der Waals surface area contributed by atoms with Crippen LogP contribution in [0.1, 0.15) is 33.4 Å². The molecule has 0 bridgehead atoms. The van der Waals surface area contributed by atoms with E-state index >= 15 is 0 Å². The van der Waals surface area contributed by atoms with Crippen LogP contribution in [0.3, 0.4) is 0 Å².